The zero-order valence-corrected chi connectivity index (χ0v) is 17.3. The second-order valence-corrected chi connectivity index (χ2v) is 8.01. The zero-order valence-electron chi connectivity index (χ0n) is 17.3. The number of rotatable bonds is 6. The number of methoxy groups -OCH3 is 1. The minimum Gasteiger partial charge on any atom is -0.390 e. The fraction of sp³-hybridized carbons (Fsp3) is 0.947. The molecule has 0 amide bonds. The number of hydrogen-bond acceptors (Lipinski definition) is 11. The molecule has 3 heterocycles. The van der Waals surface area contributed by atoms with E-state index in [4.69, 9.17) is 28.4 Å². The Morgan fingerprint density at radius 2 is 1.57 bits per heavy atom. The van der Waals surface area contributed by atoms with Crippen molar-refractivity contribution >= 4 is 6.29 Å². The van der Waals surface area contributed by atoms with Gasteiger partial charge in [-0.1, -0.05) is 0 Å². The highest BCUT2D eigenvalue weighted by atomic mass is 16.7. The molecule has 2 unspecified atom stereocenters. The lowest BCUT2D eigenvalue weighted by molar-refractivity contribution is -0.344. The van der Waals surface area contributed by atoms with Crippen LogP contribution in [0.5, 0.6) is 0 Å². The average Bonchev–Trinajstić information content (AvgIpc) is 2.72. The molecule has 3 saturated heterocycles. The smallest absolute Gasteiger partial charge is 0.187 e. The maximum Gasteiger partial charge on any atom is 0.187 e. The van der Waals surface area contributed by atoms with Crippen LogP contribution in [0.4, 0.5) is 0 Å². The van der Waals surface area contributed by atoms with E-state index in [2.05, 4.69) is 0 Å². The molecule has 12 atom stereocenters. The molecular formula is C19H32O11. The topological polar surface area (TPSA) is 153 Å². The van der Waals surface area contributed by atoms with E-state index in [1.165, 1.54) is 0 Å². The van der Waals surface area contributed by atoms with Gasteiger partial charge in [0.05, 0.1) is 24.4 Å². The quantitative estimate of drug-likeness (QED) is 0.357. The highest BCUT2D eigenvalue weighted by molar-refractivity contribution is 5.57. The molecule has 3 rings (SSSR count). The summed E-state index contributed by atoms with van der Waals surface area (Å²) in [5.41, 5.74) is 0. The molecule has 4 N–H and O–H groups in total. The zero-order chi connectivity index (χ0) is 22.0. The molecular weight excluding hydrogens is 404 g/mol. The Morgan fingerprint density at radius 1 is 0.867 bits per heavy atom. The van der Waals surface area contributed by atoms with Gasteiger partial charge in [-0.2, -0.15) is 0 Å². The number of carbonyl (C=O) groups is 1. The summed E-state index contributed by atoms with van der Waals surface area (Å²) in [5.74, 6) is 0. The SMILES string of the molecule is CO[C@@H]1CC[C@H](O[C@@H]2O[C@@H](C=O)[C@@H](O[C@@H]3C[C@@H](O)[C@H](O)[C@H](C)O3)[C@H](O)C2O)C(C)O1. The van der Waals surface area contributed by atoms with Gasteiger partial charge in [-0.05, 0) is 20.3 Å². The van der Waals surface area contributed by atoms with Gasteiger partial charge in [0.25, 0.3) is 0 Å². The van der Waals surface area contributed by atoms with Gasteiger partial charge in [-0.3, -0.25) is 0 Å². The van der Waals surface area contributed by atoms with Gasteiger partial charge in [0.2, 0.25) is 0 Å². The van der Waals surface area contributed by atoms with Gasteiger partial charge in [-0.15, -0.1) is 0 Å². The minimum absolute atomic E-state index is 0.0616. The Balaban J connectivity index is 1.61. The molecule has 11 nitrogen and oxygen atoms in total. The summed E-state index contributed by atoms with van der Waals surface area (Å²) in [7, 11) is 1.55. The summed E-state index contributed by atoms with van der Waals surface area (Å²) in [5, 5.41) is 40.8. The van der Waals surface area contributed by atoms with Gasteiger partial charge in [-0.25, -0.2) is 0 Å². The molecule has 0 aliphatic carbocycles. The van der Waals surface area contributed by atoms with Gasteiger partial charge >= 0.3 is 0 Å². The molecule has 0 bridgehead atoms. The highest BCUT2D eigenvalue weighted by Crippen LogP contribution is 2.31. The van der Waals surface area contributed by atoms with Crippen molar-refractivity contribution in [3.63, 3.8) is 0 Å². The predicted molar refractivity (Wildman–Crippen MR) is 98.0 cm³/mol. The van der Waals surface area contributed by atoms with E-state index >= 15 is 0 Å². The van der Waals surface area contributed by atoms with Crippen LogP contribution in [0.15, 0.2) is 0 Å². The van der Waals surface area contributed by atoms with E-state index in [1.54, 1.807) is 21.0 Å². The minimum atomic E-state index is -1.51. The maximum atomic E-state index is 11.6. The Labute approximate surface area is 174 Å². The highest BCUT2D eigenvalue weighted by Gasteiger charge is 2.49. The van der Waals surface area contributed by atoms with Crippen LogP contribution >= 0.6 is 0 Å². The Kier molecular flexibility index (Phi) is 8.18. The molecule has 3 aliphatic rings. The van der Waals surface area contributed by atoms with Gasteiger partial charge < -0.3 is 53.6 Å². The second-order valence-electron chi connectivity index (χ2n) is 8.01. The molecule has 0 spiro atoms. The molecule has 30 heavy (non-hydrogen) atoms. The third-order valence-corrected chi connectivity index (χ3v) is 5.85. The van der Waals surface area contributed by atoms with Crippen LogP contribution < -0.4 is 0 Å². The fourth-order valence-corrected chi connectivity index (χ4v) is 3.98. The molecule has 0 aromatic heterocycles. The first-order valence-corrected chi connectivity index (χ1v) is 10.2. The molecule has 174 valence electrons. The van der Waals surface area contributed by atoms with Crippen molar-refractivity contribution in [1.82, 2.24) is 0 Å². The monoisotopic (exact) mass is 436 g/mol. The number of carbonyl (C=O) groups excluding carboxylic acids is 1. The average molecular weight is 436 g/mol. The number of aliphatic hydroxyl groups excluding tert-OH is 4. The summed E-state index contributed by atoms with van der Waals surface area (Å²) in [6.07, 6.45) is -10.1. The Bertz CT molecular complexity index is 551. The molecule has 0 aromatic carbocycles. The standard InChI is InChI=1S/C19H32O11/c1-8-11(4-5-13(25-3)26-8)28-19-17(24)16(23)18(12(7-20)29-19)30-14-6-10(21)15(22)9(2)27-14/h7-19,21-24H,4-6H2,1-3H3/t8?,9-,10+,11-,12-,13-,14+,15+,16+,17?,18+,19+/m0/s1. The molecule has 11 heteroatoms. The third-order valence-electron chi connectivity index (χ3n) is 5.85. The van der Waals surface area contributed by atoms with E-state index in [1.807, 2.05) is 0 Å². The van der Waals surface area contributed by atoms with Crippen molar-refractivity contribution in [2.24, 2.45) is 0 Å². The van der Waals surface area contributed by atoms with E-state index in [-0.39, 0.29) is 18.8 Å². The van der Waals surface area contributed by atoms with E-state index in [0.717, 1.165) is 0 Å². The first kappa shape index (κ1) is 23.9. The third kappa shape index (κ3) is 5.18. The summed E-state index contributed by atoms with van der Waals surface area (Å²) < 4.78 is 33.3. The van der Waals surface area contributed by atoms with Crippen molar-refractivity contribution < 1.29 is 53.6 Å². The van der Waals surface area contributed by atoms with Crippen LogP contribution in [-0.4, -0.2) is 108 Å². The molecule has 3 fully saturated rings. The first-order valence-electron chi connectivity index (χ1n) is 10.2. The predicted octanol–water partition coefficient (Wildman–Crippen LogP) is -1.57. The van der Waals surface area contributed by atoms with Gasteiger partial charge in [0.15, 0.2) is 25.2 Å². The lowest BCUT2D eigenvalue weighted by atomic mass is 9.98. The Hall–Kier alpha value is -0.730. The Morgan fingerprint density at radius 3 is 2.17 bits per heavy atom. The summed E-state index contributed by atoms with van der Waals surface area (Å²) in [6.45, 7) is 3.36. The number of aliphatic hydroxyl groups is 4. The van der Waals surface area contributed by atoms with Gasteiger partial charge in [0.1, 0.15) is 30.5 Å². The van der Waals surface area contributed by atoms with Crippen LogP contribution in [0.3, 0.4) is 0 Å². The van der Waals surface area contributed by atoms with Crippen LogP contribution in [0, 0.1) is 0 Å². The summed E-state index contributed by atoms with van der Waals surface area (Å²) in [6, 6.07) is 0. The van der Waals surface area contributed by atoms with Crippen LogP contribution in [-0.2, 0) is 33.2 Å². The molecule has 0 radical (unpaired) electrons. The van der Waals surface area contributed by atoms with E-state index < -0.39 is 61.4 Å². The van der Waals surface area contributed by atoms with Crippen LogP contribution in [0.25, 0.3) is 0 Å². The van der Waals surface area contributed by atoms with Crippen molar-refractivity contribution in [3.8, 4) is 0 Å². The van der Waals surface area contributed by atoms with E-state index in [9.17, 15) is 25.2 Å². The maximum absolute atomic E-state index is 11.6. The lowest BCUT2D eigenvalue weighted by Gasteiger charge is -2.45. The normalized spacial score (nSPS) is 50.2. The summed E-state index contributed by atoms with van der Waals surface area (Å²) >= 11 is 0. The number of aldehydes is 1. The molecule has 0 saturated carbocycles. The van der Waals surface area contributed by atoms with Gasteiger partial charge in [0, 0.05) is 20.0 Å². The van der Waals surface area contributed by atoms with Crippen LogP contribution in [0.2, 0.25) is 0 Å². The second kappa shape index (κ2) is 10.3. The number of ether oxygens (including phenoxy) is 6. The first-order chi connectivity index (χ1) is 14.2. The number of hydrogen-bond donors (Lipinski definition) is 4. The van der Waals surface area contributed by atoms with Crippen molar-refractivity contribution in [1.29, 1.82) is 0 Å². The van der Waals surface area contributed by atoms with E-state index in [0.29, 0.717) is 19.1 Å². The van der Waals surface area contributed by atoms with Crippen LogP contribution in [0.1, 0.15) is 33.1 Å². The summed E-state index contributed by atoms with van der Waals surface area (Å²) in [4.78, 5) is 11.6. The lowest BCUT2D eigenvalue weighted by Crippen LogP contribution is -2.62. The van der Waals surface area contributed by atoms with Crippen molar-refractivity contribution in [2.75, 3.05) is 7.11 Å². The molecule has 0 aromatic rings. The largest absolute Gasteiger partial charge is 0.390 e. The fourth-order valence-electron chi connectivity index (χ4n) is 3.98. The molecule has 3 aliphatic heterocycles. The van der Waals surface area contributed by atoms with Crippen molar-refractivity contribution in [2.45, 2.75) is 107 Å². The van der Waals surface area contributed by atoms with Crippen molar-refractivity contribution in [3.05, 3.63) is 0 Å².